The first-order chi connectivity index (χ1) is 9.95. The first-order valence-electron chi connectivity index (χ1n) is 6.73. The summed E-state index contributed by atoms with van der Waals surface area (Å²) in [6.07, 6.45) is -2.50. The number of carbonyl (C=O) groups is 1. The Morgan fingerprint density at radius 2 is 2.00 bits per heavy atom. The molecule has 1 heterocycles. The zero-order chi connectivity index (χ0) is 15.3. The molecular formula is C14H17F3N2OS. The fourth-order valence-electron chi connectivity index (χ4n) is 2.12. The van der Waals surface area contributed by atoms with E-state index in [9.17, 15) is 18.0 Å². The highest BCUT2D eigenvalue weighted by atomic mass is 32.2. The molecule has 0 saturated carbocycles. The van der Waals surface area contributed by atoms with Gasteiger partial charge in [-0.3, -0.25) is 0 Å². The largest absolute Gasteiger partial charge is 0.416 e. The van der Waals surface area contributed by atoms with Gasteiger partial charge in [0.1, 0.15) is 0 Å². The van der Waals surface area contributed by atoms with Crippen molar-refractivity contribution in [3.8, 4) is 0 Å². The van der Waals surface area contributed by atoms with Crippen LogP contribution in [0, 0.1) is 0 Å². The van der Waals surface area contributed by atoms with Gasteiger partial charge in [-0.15, -0.1) is 0 Å². The fourth-order valence-corrected chi connectivity index (χ4v) is 3.22. The summed E-state index contributed by atoms with van der Waals surface area (Å²) in [5, 5.41) is 5.45. The Kier molecular flexibility index (Phi) is 5.39. The average Bonchev–Trinajstić information content (AvgIpc) is 2.46. The van der Waals surface area contributed by atoms with E-state index < -0.39 is 11.7 Å². The maximum Gasteiger partial charge on any atom is 0.416 e. The van der Waals surface area contributed by atoms with Gasteiger partial charge >= 0.3 is 12.2 Å². The molecule has 1 aliphatic heterocycles. The maximum absolute atomic E-state index is 12.6. The Morgan fingerprint density at radius 3 is 2.67 bits per heavy atom. The van der Waals surface area contributed by atoms with Crippen LogP contribution in [-0.4, -0.2) is 23.6 Å². The Bertz CT molecular complexity index is 487. The zero-order valence-corrected chi connectivity index (χ0v) is 12.2. The monoisotopic (exact) mass is 318 g/mol. The van der Waals surface area contributed by atoms with Crippen molar-refractivity contribution in [1.82, 2.24) is 10.6 Å². The number of benzene rings is 1. The van der Waals surface area contributed by atoms with Gasteiger partial charge in [0.25, 0.3) is 0 Å². The van der Waals surface area contributed by atoms with Gasteiger partial charge in [-0.2, -0.15) is 24.9 Å². The molecule has 0 bridgehead atoms. The fraction of sp³-hybridized carbons (Fsp3) is 0.500. The van der Waals surface area contributed by atoms with Crippen molar-refractivity contribution >= 4 is 17.8 Å². The first-order valence-corrected chi connectivity index (χ1v) is 7.89. The van der Waals surface area contributed by atoms with Crippen LogP contribution in [0.3, 0.4) is 0 Å². The van der Waals surface area contributed by atoms with E-state index in [1.165, 1.54) is 6.07 Å². The highest BCUT2D eigenvalue weighted by Crippen LogP contribution is 2.29. The molecule has 1 aromatic rings. The lowest BCUT2D eigenvalue weighted by atomic mass is 10.1. The Labute approximate surface area is 125 Å². The predicted octanol–water partition coefficient (Wildman–Crippen LogP) is 3.40. The lowest BCUT2D eigenvalue weighted by Crippen LogP contribution is -2.43. The molecule has 0 radical (unpaired) electrons. The molecule has 0 aromatic heterocycles. The van der Waals surface area contributed by atoms with Gasteiger partial charge < -0.3 is 10.6 Å². The second-order valence-corrected chi connectivity index (χ2v) is 6.14. The highest BCUT2D eigenvalue weighted by molar-refractivity contribution is 7.99. The molecule has 21 heavy (non-hydrogen) atoms. The summed E-state index contributed by atoms with van der Waals surface area (Å²) in [4.78, 5) is 11.7. The van der Waals surface area contributed by atoms with Crippen molar-refractivity contribution in [2.24, 2.45) is 0 Å². The van der Waals surface area contributed by atoms with Crippen LogP contribution < -0.4 is 10.6 Å². The van der Waals surface area contributed by atoms with E-state index in [1.54, 1.807) is 6.07 Å². The Morgan fingerprint density at radius 1 is 1.29 bits per heavy atom. The quantitative estimate of drug-likeness (QED) is 0.897. The van der Waals surface area contributed by atoms with E-state index in [4.69, 9.17) is 0 Å². The summed E-state index contributed by atoms with van der Waals surface area (Å²) in [5.74, 6) is 2.05. The summed E-state index contributed by atoms with van der Waals surface area (Å²) >= 11 is 1.86. The summed E-state index contributed by atoms with van der Waals surface area (Å²) < 4.78 is 37.7. The standard InChI is InChI=1S/C14H17F3N2OS/c15-14(16,17)11-3-1-2-10(8-11)9-18-13(20)19-12-4-6-21-7-5-12/h1-3,8,12H,4-7,9H2,(H2,18,19,20). The molecule has 3 nitrogen and oxygen atoms in total. The SMILES string of the molecule is O=C(NCc1cccc(C(F)(F)F)c1)NC1CCSCC1. The third kappa shape index (κ3) is 5.15. The van der Waals surface area contributed by atoms with E-state index in [2.05, 4.69) is 10.6 Å². The smallest absolute Gasteiger partial charge is 0.335 e. The highest BCUT2D eigenvalue weighted by Gasteiger charge is 2.30. The minimum absolute atomic E-state index is 0.0806. The average molecular weight is 318 g/mol. The molecule has 1 fully saturated rings. The van der Waals surface area contributed by atoms with Crippen molar-refractivity contribution in [1.29, 1.82) is 0 Å². The number of hydrogen-bond donors (Lipinski definition) is 2. The zero-order valence-electron chi connectivity index (χ0n) is 11.4. The molecule has 116 valence electrons. The molecule has 7 heteroatoms. The van der Waals surface area contributed by atoms with E-state index in [0.29, 0.717) is 5.56 Å². The second kappa shape index (κ2) is 7.06. The van der Waals surface area contributed by atoms with Gasteiger partial charge in [0, 0.05) is 12.6 Å². The number of amides is 2. The molecule has 2 rings (SSSR count). The molecule has 1 saturated heterocycles. The lowest BCUT2D eigenvalue weighted by molar-refractivity contribution is -0.137. The van der Waals surface area contributed by atoms with Gasteiger partial charge in [0.2, 0.25) is 0 Å². The second-order valence-electron chi connectivity index (χ2n) is 4.91. The summed E-state index contributed by atoms with van der Waals surface area (Å²) in [5.41, 5.74) is -0.273. The van der Waals surface area contributed by atoms with E-state index in [0.717, 1.165) is 36.5 Å². The summed E-state index contributed by atoms with van der Waals surface area (Å²) in [7, 11) is 0. The molecular weight excluding hydrogens is 301 g/mol. The Hall–Kier alpha value is -1.37. The Balaban J connectivity index is 1.83. The first kappa shape index (κ1) is 16.0. The number of hydrogen-bond acceptors (Lipinski definition) is 2. The molecule has 2 amide bonds. The minimum Gasteiger partial charge on any atom is -0.335 e. The van der Waals surface area contributed by atoms with Crippen LogP contribution in [0.15, 0.2) is 24.3 Å². The van der Waals surface area contributed by atoms with E-state index in [-0.39, 0.29) is 18.6 Å². The summed E-state index contributed by atoms with van der Waals surface area (Å²) in [6, 6.07) is 4.81. The summed E-state index contributed by atoms with van der Waals surface area (Å²) in [6.45, 7) is 0.0806. The number of thioether (sulfide) groups is 1. The van der Waals surface area contributed by atoms with Crippen molar-refractivity contribution in [2.45, 2.75) is 31.6 Å². The van der Waals surface area contributed by atoms with Crippen LogP contribution in [0.25, 0.3) is 0 Å². The van der Waals surface area contributed by atoms with Crippen LogP contribution in [0.1, 0.15) is 24.0 Å². The predicted molar refractivity (Wildman–Crippen MR) is 77.2 cm³/mol. The number of halogens is 3. The van der Waals surface area contributed by atoms with Crippen molar-refractivity contribution in [2.75, 3.05) is 11.5 Å². The number of nitrogens with one attached hydrogen (secondary N) is 2. The van der Waals surface area contributed by atoms with Gasteiger partial charge in [-0.05, 0) is 42.0 Å². The van der Waals surface area contributed by atoms with Gasteiger partial charge in [0.15, 0.2) is 0 Å². The van der Waals surface area contributed by atoms with E-state index in [1.807, 2.05) is 11.8 Å². The third-order valence-electron chi connectivity index (χ3n) is 3.26. The lowest BCUT2D eigenvalue weighted by Gasteiger charge is -2.22. The molecule has 0 unspecified atom stereocenters. The van der Waals surface area contributed by atoms with Crippen LogP contribution >= 0.6 is 11.8 Å². The van der Waals surface area contributed by atoms with Crippen molar-refractivity contribution < 1.29 is 18.0 Å². The molecule has 0 aliphatic carbocycles. The van der Waals surface area contributed by atoms with Gasteiger partial charge in [-0.1, -0.05) is 12.1 Å². The van der Waals surface area contributed by atoms with Crippen LogP contribution in [0.2, 0.25) is 0 Å². The number of rotatable bonds is 3. The molecule has 0 atom stereocenters. The van der Waals surface area contributed by atoms with Crippen LogP contribution in [0.4, 0.5) is 18.0 Å². The molecule has 2 N–H and O–H groups in total. The number of urea groups is 1. The normalized spacial score (nSPS) is 16.5. The molecule has 1 aromatic carbocycles. The van der Waals surface area contributed by atoms with Crippen molar-refractivity contribution in [3.63, 3.8) is 0 Å². The van der Waals surface area contributed by atoms with Gasteiger partial charge in [0.05, 0.1) is 5.56 Å². The molecule has 0 spiro atoms. The number of carbonyl (C=O) groups excluding carboxylic acids is 1. The van der Waals surface area contributed by atoms with Gasteiger partial charge in [-0.25, -0.2) is 4.79 Å². The molecule has 1 aliphatic rings. The minimum atomic E-state index is -4.36. The topological polar surface area (TPSA) is 41.1 Å². The number of alkyl halides is 3. The van der Waals surface area contributed by atoms with Crippen molar-refractivity contribution in [3.05, 3.63) is 35.4 Å². The van der Waals surface area contributed by atoms with E-state index >= 15 is 0 Å². The maximum atomic E-state index is 12.6. The van der Waals surface area contributed by atoms with Crippen LogP contribution in [-0.2, 0) is 12.7 Å². The third-order valence-corrected chi connectivity index (χ3v) is 4.31. The van der Waals surface area contributed by atoms with Crippen LogP contribution in [0.5, 0.6) is 0 Å².